The molecule has 1 saturated carbocycles. The van der Waals surface area contributed by atoms with Crippen molar-refractivity contribution < 1.29 is 22.7 Å². The topological polar surface area (TPSA) is 97.5 Å². The number of carbonyl (C=O) groups is 1. The smallest absolute Gasteiger partial charge is 0.312 e. The van der Waals surface area contributed by atoms with Gasteiger partial charge in [0.25, 0.3) is 0 Å². The van der Waals surface area contributed by atoms with Crippen LogP contribution in [0.2, 0.25) is 5.02 Å². The monoisotopic (exact) mass is 383 g/mol. The number of carboxylic acid groups (broad SMARTS) is 1. The van der Waals surface area contributed by atoms with Gasteiger partial charge < -0.3 is 10.8 Å². The molecule has 1 aliphatic rings. The van der Waals surface area contributed by atoms with Crippen molar-refractivity contribution in [3.05, 3.63) is 64.9 Å². The first-order chi connectivity index (χ1) is 11.7. The molecule has 1 aliphatic carbocycles. The zero-order valence-electron chi connectivity index (χ0n) is 12.9. The summed E-state index contributed by atoms with van der Waals surface area (Å²) in [6.45, 7) is -0.374. The van der Waals surface area contributed by atoms with Gasteiger partial charge in [0, 0.05) is 17.5 Å². The Hall–Kier alpha value is -1.96. The number of halogens is 2. The first kappa shape index (κ1) is 17.8. The summed E-state index contributed by atoms with van der Waals surface area (Å²) in [6, 6.07) is 10.8. The quantitative estimate of drug-likeness (QED) is 0.826. The zero-order valence-corrected chi connectivity index (χ0v) is 14.5. The van der Waals surface area contributed by atoms with Crippen LogP contribution in [0.5, 0.6) is 0 Å². The number of hydrogen-bond donors (Lipinski definition) is 2. The van der Waals surface area contributed by atoms with E-state index in [1.807, 2.05) is 0 Å². The van der Waals surface area contributed by atoms with E-state index < -0.39 is 38.2 Å². The summed E-state index contributed by atoms with van der Waals surface area (Å²) in [5.41, 5.74) is 4.28. The molecule has 0 aliphatic heterocycles. The third-order valence-electron chi connectivity index (χ3n) is 4.68. The lowest BCUT2D eigenvalue weighted by Crippen LogP contribution is -2.31. The third-order valence-corrected chi connectivity index (χ3v) is 7.22. The molecule has 0 heterocycles. The van der Waals surface area contributed by atoms with Crippen LogP contribution in [0.3, 0.4) is 0 Å². The minimum Gasteiger partial charge on any atom is -0.481 e. The SMILES string of the molecule is NCC1(C(=O)O)C(c2cccc(F)c2)C1S(=O)(=O)c1ccc(Cl)cc1. The molecule has 0 amide bonds. The Kier molecular flexibility index (Phi) is 4.35. The van der Waals surface area contributed by atoms with Gasteiger partial charge in [-0.25, -0.2) is 12.8 Å². The van der Waals surface area contributed by atoms with Crippen molar-refractivity contribution in [3.63, 3.8) is 0 Å². The minimum atomic E-state index is -4.00. The molecule has 25 heavy (non-hydrogen) atoms. The summed E-state index contributed by atoms with van der Waals surface area (Å²) in [4.78, 5) is 11.8. The minimum absolute atomic E-state index is 0.0418. The van der Waals surface area contributed by atoms with Crippen molar-refractivity contribution >= 4 is 27.4 Å². The fourth-order valence-electron chi connectivity index (χ4n) is 3.39. The molecule has 132 valence electrons. The van der Waals surface area contributed by atoms with Gasteiger partial charge in [-0.05, 0) is 42.0 Å². The molecule has 2 aromatic carbocycles. The second-order valence-electron chi connectivity index (χ2n) is 6.00. The van der Waals surface area contributed by atoms with Crippen LogP contribution in [0, 0.1) is 11.2 Å². The second-order valence-corrected chi connectivity index (χ2v) is 8.51. The van der Waals surface area contributed by atoms with E-state index in [4.69, 9.17) is 17.3 Å². The van der Waals surface area contributed by atoms with E-state index in [0.29, 0.717) is 10.6 Å². The number of nitrogens with two attached hydrogens (primary N) is 1. The second kappa shape index (κ2) is 6.09. The van der Waals surface area contributed by atoms with Crippen LogP contribution >= 0.6 is 11.6 Å². The largest absolute Gasteiger partial charge is 0.481 e. The average Bonchev–Trinajstić information content (AvgIpc) is 3.27. The Balaban J connectivity index is 2.12. The summed E-state index contributed by atoms with van der Waals surface area (Å²) < 4.78 is 39.6. The number of rotatable bonds is 5. The number of benzene rings is 2. The Bertz CT molecular complexity index is 932. The van der Waals surface area contributed by atoms with Crippen molar-refractivity contribution in [2.75, 3.05) is 6.54 Å². The predicted molar refractivity (Wildman–Crippen MR) is 90.7 cm³/mol. The van der Waals surface area contributed by atoms with Gasteiger partial charge in [-0.15, -0.1) is 0 Å². The van der Waals surface area contributed by atoms with Crippen LogP contribution in [0.4, 0.5) is 4.39 Å². The maximum absolute atomic E-state index is 13.6. The highest BCUT2D eigenvalue weighted by Crippen LogP contribution is 2.63. The normalized spacial score (nSPS) is 25.6. The van der Waals surface area contributed by atoms with E-state index in [9.17, 15) is 22.7 Å². The summed E-state index contributed by atoms with van der Waals surface area (Å²) in [7, 11) is -4.00. The number of carboxylic acids is 1. The van der Waals surface area contributed by atoms with Gasteiger partial charge in [0.05, 0.1) is 10.1 Å². The van der Waals surface area contributed by atoms with Gasteiger partial charge in [-0.1, -0.05) is 23.7 Å². The van der Waals surface area contributed by atoms with E-state index in [2.05, 4.69) is 0 Å². The molecular formula is C17H15ClFNO4S. The Labute approximate surface area is 149 Å². The molecule has 3 unspecified atom stereocenters. The van der Waals surface area contributed by atoms with Crippen molar-refractivity contribution in [2.24, 2.45) is 11.1 Å². The van der Waals surface area contributed by atoms with Gasteiger partial charge in [-0.3, -0.25) is 4.79 Å². The maximum atomic E-state index is 13.6. The maximum Gasteiger partial charge on any atom is 0.312 e. The molecule has 0 radical (unpaired) electrons. The fraction of sp³-hybridized carbons (Fsp3) is 0.235. The van der Waals surface area contributed by atoms with Crippen molar-refractivity contribution in [1.29, 1.82) is 0 Å². The van der Waals surface area contributed by atoms with Crippen molar-refractivity contribution in [1.82, 2.24) is 0 Å². The molecule has 5 nitrogen and oxygen atoms in total. The number of hydrogen-bond acceptors (Lipinski definition) is 4. The van der Waals surface area contributed by atoms with Crippen molar-refractivity contribution in [2.45, 2.75) is 16.1 Å². The summed E-state index contributed by atoms with van der Waals surface area (Å²) in [5.74, 6) is -2.80. The van der Waals surface area contributed by atoms with Gasteiger partial charge in [0.15, 0.2) is 9.84 Å². The molecule has 1 fully saturated rings. The van der Waals surface area contributed by atoms with Crippen LogP contribution in [0.1, 0.15) is 11.5 Å². The zero-order chi connectivity index (χ0) is 18.4. The lowest BCUT2D eigenvalue weighted by molar-refractivity contribution is -0.143. The molecule has 3 rings (SSSR count). The van der Waals surface area contributed by atoms with Gasteiger partial charge in [-0.2, -0.15) is 0 Å². The van der Waals surface area contributed by atoms with E-state index in [0.717, 1.165) is 6.07 Å². The fourth-order valence-corrected chi connectivity index (χ4v) is 5.90. The molecule has 0 aromatic heterocycles. The number of aliphatic carboxylic acids is 1. The van der Waals surface area contributed by atoms with Crippen LogP contribution in [-0.4, -0.2) is 31.3 Å². The van der Waals surface area contributed by atoms with E-state index in [1.165, 1.54) is 42.5 Å². The molecule has 8 heteroatoms. The standard InChI is InChI=1S/C17H15ClFNO4S/c18-11-4-6-13(7-5-11)25(23,24)15-14(17(15,9-20)16(21)22)10-2-1-3-12(19)8-10/h1-8,14-15H,9,20H2,(H,21,22). The highest BCUT2D eigenvalue weighted by molar-refractivity contribution is 7.92. The highest BCUT2D eigenvalue weighted by atomic mass is 35.5. The third kappa shape index (κ3) is 2.72. The van der Waals surface area contributed by atoms with Crippen LogP contribution in [0.15, 0.2) is 53.4 Å². The first-order valence-corrected chi connectivity index (χ1v) is 9.36. The Morgan fingerprint density at radius 2 is 1.88 bits per heavy atom. The molecule has 0 spiro atoms. The average molecular weight is 384 g/mol. The van der Waals surface area contributed by atoms with Crippen LogP contribution < -0.4 is 5.73 Å². The molecular weight excluding hydrogens is 369 g/mol. The highest BCUT2D eigenvalue weighted by Gasteiger charge is 2.75. The Morgan fingerprint density at radius 3 is 2.40 bits per heavy atom. The summed E-state index contributed by atoms with van der Waals surface area (Å²) >= 11 is 5.78. The molecule has 2 aromatic rings. The van der Waals surface area contributed by atoms with Gasteiger partial charge in [0.1, 0.15) is 11.2 Å². The number of sulfone groups is 1. The lowest BCUT2D eigenvalue weighted by Gasteiger charge is -2.10. The predicted octanol–water partition coefficient (Wildman–Crippen LogP) is 2.45. The lowest BCUT2D eigenvalue weighted by atomic mass is 9.99. The molecule has 0 saturated heterocycles. The summed E-state index contributed by atoms with van der Waals surface area (Å²) in [5, 5.41) is 8.76. The molecule has 0 bridgehead atoms. The van der Waals surface area contributed by atoms with Gasteiger partial charge in [0.2, 0.25) is 0 Å². The van der Waals surface area contributed by atoms with Crippen molar-refractivity contribution in [3.8, 4) is 0 Å². The molecule has 3 N–H and O–H groups in total. The molecule has 3 atom stereocenters. The van der Waals surface area contributed by atoms with E-state index >= 15 is 0 Å². The van der Waals surface area contributed by atoms with E-state index in [1.54, 1.807) is 0 Å². The Morgan fingerprint density at radius 1 is 1.24 bits per heavy atom. The van der Waals surface area contributed by atoms with Crippen LogP contribution in [-0.2, 0) is 14.6 Å². The van der Waals surface area contributed by atoms with Crippen LogP contribution in [0.25, 0.3) is 0 Å². The van der Waals surface area contributed by atoms with Gasteiger partial charge >= 0.3 is 5.97 Å². The first-order valence-electron chi connectivity index (χ1n) is 7.43. The summed E-state index contributed by atoms with van der Waals surface area (Å²) in [6.07, 6.45) is 0. The van der Waals surface area contributed by atoms with E-state index in [-0.39, 0.29) is 11.4 Å².